The quantitative estimate of drug-likeness (QED) is 0.224. The van der Waals surface area contributed by atoms with E-state index in [2.05, 4.69) is 6.07 Å². The molecule has 0 heterocycles. The third kappa shape index (κ3) is 5.19. The number of hydrogen-bond donors (Lipinski definition) is 0. The van der Waals surface area contributed by atoms with Crippen LogP contribution in [0.5, 0.6) is 17.2 Å². The van der Waals surface area contributed by atoms with Crippen molar-refractivity contribution in [3.8, 4) is 23.3 Å². The molecule has 3 rings (SSSR count). The monoisotopic (exact) mass is 419 g/mol. The Morgan fingerprint density at radius 1 is 0.900 bits per heavy atom. The molecule has 0 aliphatic rings. The molecule has 0 aromatic heterocycles. The van der Waals surface area contributed by atoms with Crippen molar-refractivity contribution in [3.63, 3.8) is 0 Å². The van der Waals surface area contributed by atoms with Crippen molar-refractivity contribution in [2.45, 2.75) is 0 Å². The lowest BCUT2D eigenvalue weighted by atomic mass is 10.0. The molecule has 0 fully saturated rings. The fourth-order valence-electron chi connectivity index (χ4n) is 2.73. The topological polar surface area (TPSA) is 68.6 Å². The molecule has 0 unspecified atom stereocenters. The largest absolute Gasteiger partial charge is 0.497 e. The number of esters is 1. The Balaban J connectivity index is 1.77. The minimum absolute atomic E-state index is 0.308. The number of allylic oxidation sites excluding steroid dienone is 1. The van der Waals surface area contributed by atoms with Gasteiger partial charge < -0.3 is 14.2 Å². The summed E-state index contributed by atoms with van der Waals surface area (Å²) in [5.41, 5.74) is 2.30. The third-order valence-corrected chi connectivity index (χ3v) is 4.48. The average Bonchev–Trinajstić information content (AvgIpc) is 2.78. The highest BCUT2D eigenvalue weighted by molar-refractivity contribution is 6.30. The predicted molar refractivity (Wildman–Crippen MR) is 116 cm³/mol. The second kappa shape index (κ2) is 9.64. The number of carbonyl (C=O) groups is 1. The first-order chi connectivity index (χ1) is 14.5. The van der Waals surface area contributed by atoms with E-state index in [1.54, 1.807) is 66.7 Å². The Kier molecular flexibility index (Phi) is 6.74. The lowest BCUT2D eigenvalue weighted by molar-refractivity contribution is 0.0734. The molecule has 3 aromatic carbocycles. The molecule has 0 saturated carbocycles. The number of methoxy groups -OCH3 is 2. The maximum atomic E-state index is 12.5. The molecule has 0 spiro atoms. The smallest absolute Gasteiger partial charge is 0.343 e. The molecule has 0 aliphatic heterocycles. The molecule has 150 valence electrons. The van der Waals surface area contributed by atoms with Gasteiger partial charge in [-0.3, -0.25) is 0 Å². The first kappa shape index (κ1) is 21.0. The van der Waals surface area contributed by atoms with Gasteiger partial charge in [0.15, 0.2) is 0 Å². The van der Waals surface area contributed by atoms with Gasteiger partial charge in [0.05, 0.1) is 31.4 Å². The molecule has 0 radical (unpaired) electrons. The van der Waals surface area contributed by atoms with E-state index < -0.39 is 5.97 Å². The molecule has 0 saturated heterocycles. The molecule has 0 aliphatic carbocycles. The highest BCUT2D eigenvalue weighted by Gasteiger charge is 2.12. The molecular formula is C24H18ClNO4. The number of hydrogen-bond acceptors (Lipinski definition) is 5. The first-order valence-corrected chi connectivity index (χ1v) is 9.33. The van der Waals surface area contributed by atoms with E-state index in [4.69, 9.17) is 25.8 Å². The van der Waals surface area contributed by atoms with Crippen LogP contribution in [0.2, 0.25) is 5.02 Å². The summed E-state index contributed by atoms with van der Waals surface area (Å²) in [4.78, 5) is 12.5. The number of nitrogens with zero attached hydrogens (tertiary/aromatic N) is 1. The van der Waals surface area contributed by atoms with Crippen molar-refractivity contribution in [1.29, 1.82) is 5.26 Å². The minimum atomic E-state index is -0.535. The van der Waals surface area contributed by atoms with Crippen LogP contribution in [0, 0.1) is 11.3 Å². The van der Waals surface area contributed by atoms with Gasteiger partial charge in [-0.05, 0) is 53.6 Å². The van der Waals surface area contributed by atoms with E-state index in [0.717, 1.165) is 11.1 Å². The SMILES string of the molecule is COc1cc(OC)cc(C(=O)Oc2ccc(/C=C(/C#N)c3cccc(Cl)c3)cc2)c1. The second-order valence-electron chi connectivity index (χ2n) is 6.24. The maximum Gasteiger partial charge on any atom is 0.343 e. The van der Waals surface area contributed by atoms with Gasteiger partial charge in [0.2, 0.25) is 0 Å². The molecule has 3 aromatic rings. The molecule has 30 heavy (non-hydrogen) atoms. The summed E-state index contributed by atoms with van der Waals surface area (Å²) < 4.78 is 15.8. The molecular weight excluding hydrogens is 402 g/mol. The van der Waals surface area contributed by atoms with Gasteiger partial charge in [-0.2, -0.15) is 5.26 Å². The van der Waals surface area contributed by atoms with Gasteiger partial charge in [-0.1, -0.05) is 35.9 Å². The fourth-order valence-corrected chi connectivity index (χ4v) is 2.92. The van der Waals surface area contributed by atoms with Crippen molar-refractivity contribution >= 4 is 29.2 Å². The second-order valence-corrected chi connectivity index (χ2v) is 6.68. The molecule has 0 atom stereocenters. The zero-order valence-corrected chi connectivity index (χ0v) is 17.1. The van der Waals surface area contributed by atoms with Crippen LogP contribution in [0.1, 0.15) is 21.5 Å². The van der Waals surface area contributed by atoms with Crippen molar-refractivity contribution in [2.24, 2.45) is 0 Å². The van der Waals surface area contributed by atoms with Gasteiger partial charge in [0, 0.05) is 11.1 Å². The Labute approximate surface area is 179 Å². The number of halogens is 1. The van der Waals surface area contributed by atoms with Crippen LogP contribution in [0.15, 0.2) is 66.7 Å². The van der Waals surface area contributed by atoms with Crippen LogP contribution < -0.4 is 14.2 Å². The van der Waals surface area contributed by atoms with Crippen molar-refractivity contribution < 1.29 is 19.0 Å². The minimum Gasteiger partial charge on any atom is -0.497 e. The highest BCUT2D eigenvalue weighted by Crippen LogP contribution is 2.25. The summed E-state index contributed by atoms with van der Waals surface area (Å²) in [6, 6.07) is 20.9. The summed E-state index contributed by atoms with van der Waals surface area (Å²) in [6.45, 7) is 0. The Morgan fingerprint density at radius 3 is 2.13 bits per heavy atom. The number of carbonyl (C=O) groups excluding carboxylic acids is 1. The normalized spacial score (nSPS) is 10.8. The van der Waals surface area contributed by atoms with E-state index >= 15 is 0 Å². The van der Waals surface area contributed by atoms with Gasteiger partial charge in [-0.15, -0.1) is 0 Å². The lowest BCUT2D eigenvalue weighted by Crippen LogP contribution is -2.09. The van der Waals surface area contributed by atoms with Crippen LogP contribution in [-0.4, -0.2) is 20.2 Å². The van der Waals surface area contributed by atoms with E-state index in [-0.39, 0.29) is 0 Å². The van der Waals surface area contributed by atoms with E-state index in [0.29, 0.717) is 33.4 Å². The standard InChI is InChI=1S/C24H18ClNO4/c1-28-22-12-18(13-23(14-22)29-2)24(27)30-21-8-6-16(7-9-21)10-19(15-26)17-4-3-5-20(25)11-17/h3-14H,1-2H3/b19-10-. The van der Waals surface area contributed by atoms with E-state index in [9.17, 15) is 10.1 Å². The number of benzene rings is 3. The molecule has 5 nitrogen and oxygen atoms in total. The van der Waals surface area contributed by atoms with Crippen molar-refractivity contribution in [1.82, 2.24) is 0 Å². The van der Waals surface area contributed by atoms with E-state index in [1.165, 1.54) is 14.2 Å². The molecule has 0 N–H and O–H groups in total. The summed E-state index contributed by atoms with van der Waals surface area (Å²) >= 11 is 6.01. The third-order valence-electron chi connectivity index (χ3n) is 4.24. The zero-order valence-electron chi connectivity index (χ0n) is 16.4. The zero-order chi connectivity index (χ0) is 21.5. The Hall–Kier alpha value is -3.75. The summed E-state index contributed by atoms with van der Waals surface area (Å²) in [7, 11) is 3.02. The summed E-state index contributed by atoms with van der Waals surface area (Å²) in [6.07, 6.45) is 1.74. The molecule has 6 heteroatoms. The number of rotatable bonds is 6. The van der Waals surface area contributed by atoms with Crippen LogP contribution in [0.4, 0.5) is 0 Å². The first-order valence-electron chi connectivity index (χ1n) is 8.95. The summed E-state index contributed by atoms with van der Waals surface area (Å²) in [5.74, 6) is 0.825. The average molecular weight is 420 g/mol. The van der Waals surface area contributed by atoms with Gasteiger partial charge in [0.1, 0.15) is 17.2 Å². The predicted octanol–water partition coefficient (Wildman–Crippen LogP) is 5.64. The molecule has 0 amide bonds. The van der Waals surface area contributed by atoms with E-state index in [1.807, 2.05) is 6.07 Å². The Morgan fingerprint density at radius 2 is 1.57 bits per heavy atom. The van der Waals surface area contributed by atoms with Crippen LogP contribution in [-0.2, 0) is 0 Å². The van der Waals surface area contributed by atoms with Crippen molar-refractivity contribution in [3.05, 3.63) is 88.4 Å². The van der Waals surface area contributed by atoms with Gasteiger partial charge in [-0.25, -0.2) is 4.79 Å². The van der Waals surface area contributed by atoms with Gasteiger partial charge >= 0.3 is 5.97 Å². The van der Waals surface area contributed by atoms with Gasteiger partial charge in [0.25, 0.3) is 0 Å². The number of nitriles is 1. The van der Waals surface area contributed by atoms with Crippen molar-refractivity contribution in [2.75, 3.05) is 14.2 Å². The molecule has 0 bridgehead atoms. The maximum absolute atomic E-state index is 12.5. The van der Waals surface area contributed by atoms with Crippen LogP contribution >= 0.6 is 11.6 Å². The fraction of sp³-hybridized carbons (Fsp3) is 0.0833. The van der Waals surface area contributed by atoms with Crippen LogP contribution in [0.25, 0.3) is 11.6 Å². The Bertz CT molecular complexity index is 1110. The van der Waals surface area contributed by atoms with Crippen LogP contribution in [0.3, 0.4) is 0 Å². The lowest BCUT2D eigenvalue weighted by Gasteiger charge is -2.09. The number of ether oxygens (including phenoxy) is 3. The summed E-state index contributed by atoms with van der Waals surface area (Å²) in [5, 5.41) is 10.0. The highest BCUT2D eigenvalue weighted by atomic mass is 35.5.